The second-order valence-electron chi connectivity index (χ2n) is 5.63. The number of ether oxygens (including phenoxy) is 3. The van der Waals surface area contributed by atoms with E-state index in [1.807, 2.05) is 0 Å². The first-order valence-corrected chi connectivity index (χ1v) is 11.2. The van der Waals surface area contributed by atoms with Gasteiger partial charge < -0.3 is 19.3 Å². The first-order chi connectivity index (χ1) is 13.8. The first-order valence-electron chi connectivity index (χ1n) is 9.08. The summed E-state index contributed by atoms with van der Waals surface area (Å²) < 4.78 is 15.7. The Hall–Kier alpha value is -1.59. The molecule has 0 aliphatic heterocycles. The lowest BCUT2D eigenvalue weighted by molar-refractivity contribution is -0.183. The molecule has 0 heterocycles. The van der Waals surface area contributed by atoms with Crippen molar-refractivity contribution in [1.29, 1.82) is 0 Å². The monoisotopic (exact) mass is 536 g/mol. The summed E-state index contributed by atoms with van der Waals surface area (Å²) in [7, 11) is 0. The van der Waals surface area contributed by atoms with E-state index in [-0.39, 0.29) is 25.6 Å². The van der Waals surface area contributed by atoms with E-state index in [1.165, 1.54) is 6.08 Å². The second kappa shape index (κ2) is 12.9. The molecule has 0 saturated heterocycles. The van der Waals surface area contributed by atoms with Gasteiger partial charge in [0.25, 0.3) is 5.60 Å². The molecule has 0 spiro atoms. The molecular formula is C20H25IO7S. The van der Waals surface area contributed by atoms with Crippen molar-refractivity contribution in [1.82, 2.24) is 0 Å². The van der Waals surface area contributed by atoms with E-state index in [4.69, 9.17) is 14.2 Å². The summed E-state index contributed by atoms with van der Waals surface area (Å²) in [4.78, 5) is 36.7. The molecule has 1 atom stereocenters. The van der Waals surface area contributed by atoms with Gasteiger partial charge in [-0.3, -0.25) is 0 Å². The standard InChI is InChI=1S/C20H25IO7S/c1-4-26-16(22)8-7-13-29-17(14-9-11-15(21)12-10-14)20(25,18(23)27-5-2)19(24)28-6-3/h7-12,17,25H,4-6,13H2,1-3H3/b8-7+. The van der Waals surface area contributed by atoms with Gasteiger partial charge in [0, 0.05) is 15.4 Å². The zero-order valence-corrected chi connectivity index (χ0v) is 19.5. The summed E-state index contributed by atoms with van der Waals surface area (Å²) in [5, 5.41) is 10.2. The lowest BCUT2D eigenvalue weighted by Crippen LogP contribution is -2.52. The molecule has 0 radical (unpaired) electrons. The van der Waals surface area contributed by atoms with Crippen LogP contribution in [-0.4, -0.2) is 54.2 Å². The van der Waals surface area contributed by atoms with E-state index in [1.54, 1.807) is 51.1 Å². The van der Waals surface area contributed by atoms with E-state index in [0.29, 0.717) is 5.56 Å². The number of carbonyl (C=O) groups excluding carboxylic acids is 3. The van der Waals surface area contributed by atoms with Crippen LogP contribution in [0.3, 0.4) is 0 Å². The van der Waals surface area contributed by atoms with Crippen molar-refractivity contribution >= 4 is 52.3 Å². The number of rotatable bonds is 11. The molecule has 160 valence electrons. The largest absolute Gasteiger partial charge is 0.463 e. The first kappa shape index (κ1) is 25.4. The molecule has 0 bridgehead atoms. The summed E-state index contributed by atoms with van der Waals surface area (Å²) in [5.41, 5.74) is -2.00. The van der Waals surface area contributed by atoms with Crippen LogP contribution in [0.5, 0.6) is 0 Å². The topological polar surface area (TPSA) is 99.1 Å². The number of hydrogen-bond donors (Lipinski definition) is 1. The van der Waals surface area contributed by atoms with E-state index in [2.05, 4.69) is 22.6 Å². The van der Waals surface area contributed by atoms with Crippen LogP contribution in [0.15, 0.2) is 36.4 Å². The normalized spacial score (nSPS) is 12.4. The minimum absolute atomic E-state index is 0.00656. The van der Waals surface area contributed by atoms with E-state index in [9.17, 15) is 19.5 Å². The molecule has 1 rings (SSSR count). The Balaban J connectivity index is 3.26. The molecule has 1 aromatic carbocycles. The van der Waals surface area contributed by atoms with Crippen LogP contribution in [0, 0.1) is 3.57 Å². The van der Waals surface area contributed by atoms with Crippen LogP contribution in [-0.2, 0) is 28.6 Å². The smallest absolute Gasteiger partial charge is 0.351 e. The summed E-state index contributed by atoms with van der Waals surface area (Å²) >= 11 is 3.24. The van der Waals surface area contributed by atoms with Gasteiger partial charge in [0.1, 0.15) is 0 Å². The lowest BCUT2D eigenvalue weighted by atomic mass is 9.93. The Kier molecular flexibility index (Phi) is 11.3. The highest BCUT2D eigenvalue weighted by molar-refractivity contribution is 14.1. The van der Waals surface area contributed by atoms with Crippen molar-refractivity contribution in [2.45, 2.75) is 31.6 Å². The number of esters is 3. The molecule has 1 unspecified atom stereocenters. The van der Waals surface area contributed by atoms with Crippen LogP contribution in [0.2, 0.25) is 0 Å². The summed E-state index contributed by atoms with van der Waals surface area (Å²) in [6, 6.07) is 7.04. The summed E-state index contributed by atoms with van der Waals surface area (Å²) in [5.74, 6) is -2.42. The SMILES string of the molecule is CCOC(=O)/C=C/CSC(c1ccc(I)cc1)C(O)(C(=O)OCC)C(=O)OCC. The lowest BCUT2D eigenvalue weighted by Gasteiger charge is -2.31. The van der Waals surface area contributed by atoms with Crippen LogP contribution in [0.25, 0.3) is 0 Å². The van der Waals surface area contributed by atoms with Gasteiger partial charge in [0.2, 0.25) is 0 Å². The van der Waals surface area contributed by atoms with E-state index < -0.39 is 28.8 Å². The zero-order valence-electron chi connectivity index (χ0n) is 16.6. The van der Waals surface area contributed by atoms with Gasteiger partial charge >= 0.3 is 17.9 Å². The Morgan fingerprint density at radius 1 is 1.03 bits per heavy atom. The maximum atomic E-state index is 12.6. The number of benzene rings is 1. The van der Waals surface area contributed by atoms with Crippen LogP contribution in [0.1, 0.15) is 31.6 Å². The van der Waals surface area contributed by atoms with Gasteiger partial charge in [0.15, 0.2) is 0 Å². The zero-order chi connectivity index (χ0) is 21.9. The second-order valence-corrected chi connectivity index (χ2v) is 8.01. The van der Waals surface area contributed by atoms with Crippen molar-refractivity contribution in [2.75, 3.05) is 25.6 Å². The Labute approximate surface area is 188 Å². The van der Waals surface area contributed by atoms with Crippen LogP contribution >= 0.6 is 34.4 Å². The van der Waals surface area contributed by atoms with Gasteiger partial charge in [-0.1, -0.05) is 18.2 Å². The average Bonchev–Trinajstić information content (AvgIpc) is 2.69. The van der Waals surface area contributed by atoms with Gasteiger partial charge in [-0.25, -0.2) is 14.4 Å². The molecule has 0 aromatic heterocycles. The van der Waals surface area contributed by atoms with Gasteiger partial charge in [-0.2, -0.15) is 0 Å². The predicted molar refractivity (Wildman–Crippen MR) is 118 cm³/mol. The van der Waals surface area contributed by atoms with Crippen LogP contribution < -0.4 is 0 Å². The minimum Gasteiger partial charge on any atom is -0.463 e. The number of halogens is 1. The molecule has 7 nitrogen and oxygen atoms in total. The minimum atomic E-state index is -2.54. The number of hydrogen-bond acceptors (Lipinski definition) is 8. The molecule has 0 aliphatic rings. The quantitative estimate of drug-likeness (QED) is 0.152. The summed E-state index contributed by atoms with van der Waals surface area (Å²) in [6.07, 6.45) is 2.80. The fraction of sp³-hybridized carbons (Fsp3) is 0.450. The van der Waals surface area contributed by atoms with Crippen molar-refractivity contribution in [3.05, 3.63) is 45.6 Å². The van der Waals surface area contributed by atoms with Gasteiger partial charge in [-0.15, -0.1) is 11.8 Å². The molecule has 29 heavy (non-hydrogen) atoms. The fourth-order valence-corrected chi connectivity index (χ4v) is 3.90. The highest BCUT2D eigenvalue weighted by Gasteiger charge is 2.54. The van der Waals surface area contributed by atoms with E-state index in [0.717, 1.165) is 15.3 Å². The van der Waals surface area contributed by atoms with Crippen LogP contribution in [0.4, 0.5) is 0 Å². The number of thioether (sulfide) groups is 1. The molecule has 1 N–H and O–H groups in total. The summed E-state index contributed by atoms with van der Waals surface area (Å²) in [6.45, 7) is 5.11. The van der Waals surface area contributed by atoms with E-state index >= 15 is 0 Å². The van der Waals surface area contributed by atoms with Gasteiger partial charge in [-0.05, 0) is 61.1 Å². The highest BCUT2D eigenvalue weighted by Crippen LogP contribution is 2.41. The maximum Gasteiger partial charge on any atom is 0.351 e. The maximum absolute atomic E-state index is 12.6. The third-order valence-corrected chi connectivity index (χ3v) is 5.68. The Bertz CT molecular complexity index is 700. The highest BCUT2D eigenvalue weighted by atomic mass is 127. The molecule has 0 amide bonds. The molecule has 0 saturated carbocycles. The van der Waals surface area contributed by atoms with Crippen molar-refractivity contribution < 1.29 is 33.7 Å². The van der Waals surface area contributed by atoms with Crippen molar-refractivity contribution in [2.24, 2.45) is 0 Å². The number of aliphatic hydroxyl groups is 1. The Morgan fingerprint density at radius 3 is 2.03 bits per heavy atom. The predicted octanol–water partition coefficient (Wildman–Crippen LogP) is 3.04. The molecular weight excluding hydrogens is 511 g/mol. The van der Waals surface area contributed by atoms with Gasteiger partial charge in [0.05, 0.1) is 25.1 Å². The molecule has 9 heteroatoms. The number of carbonyl (C=O) groups is 3. The Morgan fingerprint density at radius 2 is 1.55 bits per heavy atom. The third-order valence-electron chi connectivity index (χ3n) is 3.63. The molecule has 0 aliphatic carbocycles. The van der Waals surface area contributed by atoms with Crippen molar-refractivity contribution in [3.8, 4) is 0 Å². The fourth-order valence-electron chi connectivity index (χ4n) is 2.36. The van der Waals surface area contributed by atoms with Crippen molar-refractivity contribution in [3.63, 3.8) is 0 Å². The average molecular weight is 536 g/mol. The third kappa shape index (κ3) is 7.31. The molecule has 1 aromatic rings. The molecule has 0 fully saturated rings.